The van der Waals surface area contributed by atoms with Crippen LogP contribution in [0.25, 0.3) is 0 Å². The fraction of sp³-hybridized carbons (Fsp3) is 0.520. The molecule has 0 amide bonds. The van der Waals surface area contributed by atoms with E-state index in [0.29, 0.717) is 6.04 Å². The monoisotopic (exact) mass is 490 g/mol. The maximum Gasteiger partial charge on any atom is 0.0903 e. The van der Waals surface area contributed by atoms with Gasteiger partial charge in [0.25, 0.3) is 0 Å². The molecular weight excluding hydrogens is 455 g/mol. The van der Waals surface area contributed by atoms with E-state index in [1.807, 2.05) is 0 Å². The van der Waals surface area contributed by atoms with Crippen molar-refractivity contribution in [2.24, 2.45) is 0 Å². The number of aryl methyl sites for hydroxylation is 1. The Bertz CT molecular complexity index is 761. The number of halogens is 1. The molecule has 2 nitrogen and oxygen atoms in total. The molecule has 152 valence electrons. The van der Waals surface area contributed by atoms with Crippen LogP contribution in [0.1, 0.15) is 42.4 Å². The predicted molar refractivity (Wildman–Crippen MR) is 115 cm³/mol. The van der Waals surface area contributed by atoms with Crippen LogP contribution >= 0.6 is 0 Å². The fourth-order valence-electron chi connectivity index (χ4n) is 5.30. The molecular formula is C25H35IN2. The highest BCUT2D eigenvalue weighted by Crippen LogP contribution is 2.31. The second-order valence-electron chi connectivity index (χ2n) is 9.30. The molecule has 4 rings (SSSR count). The summed E-state index contributed by atoms with van der Waals surface area (Å²) in [5, 5.41) is 0. The lowest BCUT2D eigenvalue weighted by Crippen LogP contribution is -3.00. The third-order valence-corrected chi connectivity index (χ3v) is 7.02. The molecule has 0 radical (unpaired) electrons. The third kappa shape index (κ3) is 4.73. The number of hydrogen-bond acceptors (Lipinski definition) is 1. The first kappa shape index (κ1) is 21.6. The number of rotatable bonds is 5. The van der Waals surface area contributed by atoms with Crippen molar-refractivity contribution in [3.05, 3.63) is 65.2 Å². The number of benzene rings is 2. The van der Waals surface area contributed by atoms with E-state index in [1.165, 1.54) is 67.3 Å². The Morgan fingerprint density at radius 1 is 0.964 bits per heavy atom. The van der Waals surface area contributed by atoms with Gasteiger partial charge in [0.2, 0.25) is 0 Å². The lowest BCUT2D eigenvalue weighted by molar-refractivity contribution is -0.920. The highest BCUT2D eigenvalue weighted by molar-refractivity contribution is 5.51. The van der Waals surface area contributed by atoms with Gasteiger partial charge in [-0.25, -0.2) is 0 Å². The van der Waals surface area contributed by atoms with E-state index in [2.05, 4.69) is 74.4 Å². The van der Waals surface area contributed by atoms with Gasteiger partial charge in [0.1, 0.15) is 0 Å². The second kappa shape index (κ2) is 9.17. The Morgan fingerprint density at radius 2 is 1.68 bits per heavy atom. The van der Waals surface area contributed by atoms with Crippen LogP contribution in [0.3, 0.4) is 0 Å². The normalized spacial score (nSPS) is 21.0. The zero-order chi connectivity index (χ0) is 18.9. The number of hydrogen-bond donors (Lipinski definition) is 0. The quantitative estimate of drug-likeness (QED) is 0.458. The summed E-state index contributed by atoms with van der Waals surface area (Å²) in [5.74, 6) is 0. The Morgan fingerprint density at radius 3 is 2.32 bits per heavy atom. The van der Waals surface area contributed by atoms with Crippen molar-refractivity contribution in [1.29, 1.82) is 0 Å². The maximum absolute atomic E-state index is 2.72. The number of piperidine rings is 1. The van der Waals surface area contributed by atoms with Gasteiger partial charge in [-0.2, -0.15) is 0 Å². The number of anilines is 1. The van der Waals surface area contributed by atoms with Crippen LogP contribution in [-0.2, 0) is 12.8 Å². The van der Waals surface area contributed by atoms with Gasteiger partial charge in [0, 0.05) is 24.7 Å². The molecule has 2 aromatic carbocycles. The molecule has 1 unspecified atom stereocenters. The predicted octanol–water partition coefficient (Wildman–Crippen LogP) is 1.99. The van der Waals surface area contributed by atoms with Crippen molar-refractivity contribution in [1.82, 2.24) is 0 Å². The molecule has 0 saturated carbocycles. The SMILES string of the molecule is Cc1cccc(N(CCC2CCCC[N+]2(C)C)C2Cc3ccccc3C2)c1.[I-]. The zero-order valence-electron chi connectivity index (χ0n) is 17.7. The van der Waals surface area contributed by atoms with Gasteiger partial charge in [0.15, 0.2) is 0 Å². The summed E-state index contributed by atoms with van der Waals surface area (Å²) in [6, 6.07) is 19.6. The van der Waals surface area contributed by atoms with Crippen LogP contribution in [0.4, 0.5) is 5.69 Å². The Labute approximate surface area is 188 Å². The summed E-state index contributed by atoms with van der Waals surface area (Å²) in [6.45, 7) is 4.73. The summed E-state index contributed by atoms with van der Waals surface area (Å²) >= 11 is 0. The van der Waals surface area contributed by atoms with Crippen LogP contribution in [0.2, 0.25) is 0 Å². The summed E-state index contributed by atoms with van der Waals surface area (Å²) in [4.78, 5) is 2.72. The molecule has 1 atom stereocenters. The molecule has 2 aliphatic rings. The Hall–Kier alpha value is -1.07. The summed E-state index contributed by atoms with van der Waals surface area (Å²) in [7, 11) is 4.87. The third-order valence-electron chi connectivity index (χ3n) is 7.02. The minimum Gasteiger partial charge on any atom is -1.00 e. The average molecular weight is 490 g/mol. The molecule has 0 aromatic heterocycles. The van der Waals surface area contributed by atoms with Gasteiger partial charge in [0.05, 0.1) is 26.7 Å². The number of fused-ring (bicyclic) bond motifs is 1. The van der Waals surface area contributed by atoms with Gasteiger partial charge in [-0.1, -0.05) is 36.4 Å². The van der Waals surface area contributed by atoms with Crippen LogP contribution < -0.4 is 28.9 Å². The van der Waals surface area contributed by atoms with E-state index in [4.69, 9.17) is 0 Å². The minimum atomic E-state index is 0. The van der Waals surface area contributed by atoms with Crippen molar-refractivity contribution in [3.8, 4) is 0 Å². The smallest absolute Gasteiger partial charge is 0.0903 e. The summed E-state index contributed by atoms with van der Waals surface area (Å²) < 4.78 is 1.20. The maximum atomic E-state index is 2.72. The zero-order valence-corrected chi connectivity index (χ0v) is 19.9. The van der Waals surface area contributed by atoms with Crippen LogP contribution in [0, 0.1) is 6.92 Å². The van der Waals surface area contributed by atoms with Crippen molar-refractivity contribution in [2.45, 2.75) is 57.5 Å². The lowest BCUT2D eigenvalue weighted by atomic mass is 9.96. The van der Waals surface area contributed by atoms with Gasteiger partial charge >= 0.3 is 0 Å². The molecule has 28 heavy (non-hydrogen) atoms. The van der Waals surface area contributed by atoms with Crippen LogP contribution in [0.5, 0.6) is 0 Å². The van der Waals surface area contributed by atoms with E-state index in [-0.39, 0.29) is 24.0 Å². The highest BCUT2D eigenvalue weighted by atomic mass is 127. The van der Waals surface area contributed by atoms with Gasteiger partial charge in [-0.3, -0.25) is 0 Å². The second-order valence-corrected chi connectivity index (χ2v) is 9.30. The Balaban J connectivity index is 0.00000225. The van der Waals surface area contributed by atoms with E-state index in [1.54, 1.807) is 11.1 Å². The molecule has 1 aliphatic heterocycles. The first-order chi connectivity index (χ1) is 13.0. The highest BCUT2D eigenvalue weighted by Gasteiger charge is 2.33. The molecule has 3 heteroatoms. The molecule has 1 aliphatic carbocycles. The molecule has 2 aromatic rings. The standard InChI is InChI=1S/C25H35N2.HI/c1-20-9-8-12-23(17-20)26(15-14-25-13-6-7-16-27(25,2)3)24-18-21-10-4-5-11-22(21)19-24;/h4-5,8-12,17,24-25H,6-7,13-16,18-19H2,1-3H3;1H/q+1;/p-1. The first-order valence-corrected chi connectivity index (χ1v) is 10.8. The molecule has 1 fully saturated rings. The van der Waals surface area contributed by atoms with Crippen LogP contribution in [-0.4, -0.2) is 43.8 Å². The molecule has 1 saturated heterocycles. The lowest BCUT2D eigenvalue weighted by Gasteiger charge is -2.43. The van der Waals surface area contributed by atoms with Gasteiger partial charge in [-0.05, 0) is 67.9 Å². The number of quaternary nitrogens is 1. The number of nitrogens with zero attached hydrogens (tertiary/aromatic N) is 2. The van der Waals surface area contributed by atoms with E-state index >= 15 is 0 Å². The van der Waals surface area contributed by atoms with E-state index < -0.39 is 0 Å². The van der Waals surface area contributed by atoms with Crippen LogP contribution in [0.15, 0.2) is 48.5 Å². The number of likely N-dealkylation sites (tertiary alicyclic amines) is 1. The topological polar surface area (TPSA) is 3.24 Å². The fourth-order valence-corrected chi connectivity index (χ4v) is 5.30. The van der Waals surface area contributed by atoms with Crippen molar-refractivity contribution < 1.29 is 28.5 Å². The first-order valence-electron chi connectivity index (χ1n) is 10.8. The van der Waals surface area contributed by atoms with Crippen molar-refractivity contribution in [2.75, 3.05) is 32.1 Å². The molecule has 0 spiro atoms. The summed E-state index contributed by atoms with van der Waals surface area (Å²) in [6.07, 6.45) is 7.86. The van der Waals surface area contributed by atoms with Crippen molar-refractivity contribution >= 4 is 5.69 Å². The van der Waals surface area contributed by atoms with Crippen molar-refractivity contribution in [3.63, 3.8) is 0 Å². The molecule has 0 bridgehead atoms. The van der Waals surface area contributed by atoms with Gasteiger partial charge in [-0.15, -0.1) is 0 Å². The molecule has 1 heterocycles. The summed E-state index contributed by atoms with van der Waals surface area (Å²) in [5.41, 5.74) is 5.87. The van der Waals surface area contributed by atoms with E-state index in [0.717, 1.165) is 6.04 Å². The van der Waals surface area contributed by atoms with Gasteiger partial charge < -0.3 is 33.4 Å². The van der Waals surface area contributed by atoms with E-state index in [9.17, 15) is 0 Å². The average Bonchev–Trinajstić information content (AvgIpc) is 3.07. The largest absolute Gasteiger partial charge is 1.00 e. The molecule has 0 N–H and O–H groups in total. The minimum absolute atomic E-state index is 0. The Kier molecular flexibility index (Phi) is 7.08.